The second-order valence-electron chi connectivity index (χ2n) is 10.7. The second-order valence-corrected chi connectivity index (χ2v) is 11.7. The summed E-state index contributed by atoms with van der Waals surface area (Å²) < 4.78 is 23.6. The highest BCUT2D eigenvalue weighted by Gasteiger charge is 2.58. The smallest absolute Gasteiger partial charge is 0.410 e. The number of aryl methyl sites for hydroxylation is 2. The molecule has 1 saturated heterocycles. The highest BCUT2D eigenvalue weighted by Crippen LogP contribution is 2.55. The molecule has 4 aromatic heterocycles. The highest BCUT2D eigenvalue weighted by molar-refractivity contribution is 7.18. The number of halogens is 1. The molecule has 0 spiro atoms. The molecular formula is C25H27FN6O2S. The lowest BCUT2D eigenvalue weighted by atomic mass is 9.89. The molecule has 2 fully saturated rings. The zero-order valence-corrected chi connectivity index (χ0v) is 21.2. The van der Waals surface area contributed by atoms with E-state index >= 15 is 4.39 Å². The van der Waals surface area contributed by atoms with Gasteiger partial charge in [0.25, 0.3) is 0 Å². The molecule has 5 heterocycles. The highest BCUT2D eigenvalue weighted by atomic mass is 32.1. The van der Waals surface area contributed by atoms with E-state index in [2.05, 4.69) is 15.1 Å². The van der Waals surface area contributed by atoms with Crippen molar-refractivity contribution in [2.75, 3.05) is 6.54 Å². The minimum absolute atomic E-state index is 0.154. The van der Waals surface area contributed by atoms with Gasteiger partial charge in [0.1, 0.15) is 27.3 Å². The number of rotatable bonds is 2. The molecule has 1 amide bonds. The van der Waals surface area contributed by atoms with E-state index < -0.39 is 11.3 Å². The van der Waals surface area contributed by atoms with Crippen LogP contribution < -0.4 is 0 Å². The maximum atomic E-state index is 16.4. The van der Waals surface area contributed by atoms with Crippen molar-refractivity contribution in [2.45, 2.75) is 64.8 Å². The predicted molar refractivity (Wildman–Crippen MR) is 131 cm³/mol. The Labute approximate surface area is 206 Å². The SMILES string of the molecule is Cc1cn2nc(-c3cnc4cc([C@]5(F)C[C@H]6C[C@@H]5CN6C(=O)OC(C)(C)C)sc4n3)cc(C)c2n1. The summed E-state index contributed by atoms with van der Waals surface area (Å²) >= 11 is 1.34. The lowest BCUT2D eigenvalue weighted by Gasteiger charge is -2.36. The van der Waals surface area contributed by atoms with Gasteiger partial charge in [-0.2, -0.15) is 5.10 Å². The Bertz CT molecular complexity index is 1490. The van der Waals surface area contributed by atoms with Gasteiger partial charge in [-0.1, -0.05) is 0 Å². The molecule has 6 rings (SSSR count). The summed E-state index contributed by atoms with van der Waals surface area (Å²) in [4.78, 5) is 29.4. The van der Waals surface area contributed by atoms with Crippen LogP contribution in [0.4, 0.5) is 9.18 Å². The Balaban J connectivity index is 1.28. The van der Waals surface area contributed by atoms with Crippen LogP contribution in [0.2, 0.25) is 0 Å². The Hall–Kier alpha value is -3.14. The van der Waals surface area contributed by atoms with Gasteiger partial charge in [0.2, 0.25) is 0 Å². The van der Waals surface area contributed by atoms with E-state index in [1.54, 1.807) is 15.6 Å². The third-order valence-electron chi connectivity index (χ3n) is 6.87. The topological polar surface area (TPSA) is 85.5 Å². The summed E-state index contributed by atoms with van der Waals surface area (Å²) in [6.07, 6.45) is 4.12. The van der Waals surface area contributed by atoms with Crippen LogP contribution in [0.5, 0.6) is 0 Å². The van der Waals surface area contributed by atoms with Crippen molar-refractivity contribution in [1.82, 2.24) is 29.5 Å². The van der Waals surface area contributed by atoms with Crippen LogP contribution in [0.15, 0.2) is 24.5 Å². The number of thiophene rings is 1. The van der Waals surface area contributed by atoms with Crippen molar-refractivity contribution in [3.05, 3.63) is 40.7 Å². The number of hydrogen-bond acceptors (Lipinski definition) is 7. The van der Waals surface area contributed by atoms with E-state index in [4.69, 9.17) is 9.72 Å². The standard InChI is InChI=1S/C25H27FN6O2S/c1-13-6-17(30-32-11-14(2)28-21(13)32)19-10-27-18-8-20(35-22(18)29-19)25(26)9-16-7-15(25)12-31(16)23(33)34-24(3,4)5/h6,8,10-11,15-16H,7,9,12H2,1-5H3/t15-,16-,25+/m1/s1. The zero-order chi connectivity index (χ0) is 24.7. The monoisotopic (exact) mass is 494 g/mol. The van der Waals surface area contributed by atoms with Crippen LogP contribution >= 0.6 is 11.3 Å². The Morgan fingerprint density at radius 1 is 1.23 bits per heavy atom. The average molecular weight is 495 g/mol. The number of nitrogens with zero attached hydrogens (tertiary/aromatic N) is 6. The fourth-order valence-electron chi connectivity index (χ4n) is 5.31. The lowest BCUT2D eigenvalue weighted by molar-refractivity contribution is 0.0000736. The summed E-state index contributed by atoms with van der Waals surface area (Å²) in [7, 11) is 0. The van der Waals surface area contributed by atoms with Crippen molar-refractivity contribution >= 4 is 33.4 Å². The summed E-state index contributed by atoms with van der Waals surface area (Å²) in [5, 5.41) is 4.65. The van der Waals surface area contributed by atoms with Crippen LogP contribution in [0.3, 0.4) is 0 Å². The van der Waals surface area contributed by atoms with Crippen molar-refractivity contribution in [2.24, 2.45) is 5.92 Å². The Morgan fingerprint density at radius 2 is 2.03 bits per heavy atom. The molecule has 182 valence electrons. The van der Waals surface area contributed by atoms with Gasteiger partial charge in [0.05, 0.1) is 18.1 Å². The minimum atomic E-state index is -1.49. The fourth-order valence-corrected chi connectivity index (χ4v) is 6.47. The molecule has 1 aliphatic carbocycles. The number of carbonyl (C=O) groups is 1. The molecular weight excluding hydrogens is 467 g/mol. The third-order valence-corrected chi connectivity index (χ3v) is 8.04. The summed E-state index contributed by atoms with van der Waals surface area (Å²) in [6.45, 7) is 9.82. The Morgan fingerprint density at radius 3 is 2.74 bits per heavy atom. The molecule has 35 heavy (non-hydrogen) atoms. The lowest BCUT2D eigenvalue weighted by Crippen LogP contribution is -2.46. The molecule has 0 N–H and O–H groups in total. The van der Waals surface area contributed by atoms with Crippen molar-refractivity contribution < 1.29 is 13.9 Å². The number of alkyl halides is 1. The molecule has 0 unspecified atom stereocenters. The maximum Gasteiger partial charge on any atom is 0.410 e. The van der Waals surface area contributed by atoms with Gasteiger partial charge in [-0.05, 0) is 58.7 Å². The number of aromatic nitrogens is 5. The zero-order valence-electron chi connectivity index (χ0n) is 20.4. The molecule has 3 atom stereocenters. The van der Waals surface area contributed by atoms with E-state index in [0.717, 1.165) is 16.9 Å². The largest absolute Gasteiger partial charge is 0.444 e. The van der Waals surface area contributed by atoms with E-state index in [0.29, 0.717) is 39.6 Å². The van der Waals surface area contributed by atoms with Crippen molar-refractivity contribution in [3.63, 3.8) is 0 Å². The van der Waals surface area contributed by atoms with E-state index in [1.807, 2.05) is 52.9 Å². The number of piperidine rings is 1. The van der Waals surface area contributed by atoms with Crippen molar-refractivity contribution in [3.8, 4) is 11.4 Å². The van der Waals surface area contributed by atoms with Gasteiger partial charge in [0, 0.05) is 29.8 Å². The van der Waals surface area contributed by atoms with Crippen LogP contribution in [-0.2, 0) is 10.4 Å². The minimum Gasteiger partial charge on any atom is -0.444 e. The molecule has 2 bridgehead atoms. The molecule has 10 heteroatoms. The molecule has 1 saturated carbocycles. The molecule has 1 aliphatic heterocycles. The summed E-state index contributed by atoms with van der Waals surface area (Å²) in [5.74, 6) is -0.260. The predicted octanol–water partition coefficient (Wildman–Crippen LogP) is 5.21. The van der Waals surface area contributed by atoms with Crippen molar-refractivity contribution in [1.29, 1.82) is 0 Å². The van der Waals surface area contributed by atoms with E-state index in [9.17, 15) is 4.79 Å². The Kier molecular flexibility index (Phi) is 4.74. The summed E-state index contributed by atoms with van der Waals surface area (Å²) in [6, 6.07) is 3.61. The first-order valence-electron chi connectivity index (χ1n) is 11.8. The van der Waals surface area contributed by atoms with Gasteiger partial charge in [0.15, 0.2) is 11.3 Å². The van der Waals surface area contributed by atoms with Crippen LogP contribution in [0.1, 0.15) is 49.7 Å². The molecule has 4 aromatic rings. The van der Waals surface area contributed by atoms with Crippen LogP contribution in [0, 0.1) is 19.8 Å². The van der Waals surface area contributed by atoms with Gasteiger partial charge in [-0.15, -0.1) is 11.3 Å². The first-order chi connectivity index (χ1) is 16.5. The van der Waals surface area contributed by atoms with E-state index in [-0.39, 0.29) is 24.5 Å². The molecule has 0 radical (unpaired) electrons. The number of imidazole rings is 1. The molecule has 8 nitrogen and oxygen atoms in total. The number of amides is 1. The third kappa shape index (κ3) is 3.65. The first-order valence-corrected chi connectivity index (χ1v) is 12.6. The van der Waals surface area contributed by atoms with Crippen LogP contribution in [-0.4, -0.2) is 53.7 Å². The number of carbonyl (C=O) groups excluding carboxylic acids is 1. The number of hydrogen-bond donors (Lipinski definition) is 0. The van der Waals surface area contributed by atoms with Gasteiger partial charge in [-0.3, -0.25) is 4.98 Å². The normalized spacial score (nSPS) is 24.1. The first kappa shape index (κ1) is 22.3. The van der Waals surface area contributed by atoms with Gasteiger partial charge in [-0.25, -0.2) is 23.7 Å². The fraction of sp³-hybridized carbons (Fsp3) is 0.480. The molecule has 0 aromatic carbocycles. The number of ether oxygens (including phenoxy) is 1. The van der Waals surface area contributed by atoms with Gasteiger partial charge < -0.3 is 9.64 Å². The second kappa shape index (κ2) is 7.43. The average Bonchev–Trinajstić information content (AvgIpc) is 3.52. The maximum absolute atomic E-state index is 16.4. The quantitative estimate of drug-likeness (QED) is 0.380. The van der Waals surface area contributed by atoms with Gasteiger partial charge >= 0.3 is 6.09 Å². The van der Waals surface area contributed by atoms with E-state index in [1.165, 1.54) is 11.3 Å². The summed E-state index contributed by atoms with van der Waals surface area (Å²) in [5.41, 5.74) is 2.66. The molecule has 2 aliphatic rings. The number of likely N-dealkylation sites (tertiary alicyclic amines) is 1. The van der Waals surface area contributed by atoms with Crippen LogP contribution in [0.25, 0.3) is 27.4 Å². The number of fused-ring (bicyclic) bond motifs is 4.